The lowest BCUT2D eigenvalue weighted by Gasteiger charge is -2.36. The van der Waals surface area contributed by atoms with Crippen LogP contribution in [0.15, 0.2) is 58.9 Å². The van der Waals surface area contributed by atoms with Crippen LogP contribution >= 0.6 is 22.9 Å². The molecule has 1 saturated heterocycles. The smallest absolute Gasteiger partial charge is 0.187 e. The third-order valence-electron chi connectivity index (χ3n) is 5.72. The van der Waals surface area contributed by atoms with Crippen LogP contribution in [-0.2, 0) is 15.6 Å². The van der Waals surface area contributed by atoms with Crippen LogP contribution in [0.2, 0.25) is 5.02 Å². The number of sulfone groups is 1. The van der Waals surface area contributed by atoms with Gasteiger partial charge in [0.15, 0.2) is 9.84 Å². The fourth-order valence-electron chi connectivity index (χ4n) is 3.91. The average Bonchev–Trinajstić information content (AvgIpc) is 3.29. The summed E-state index contributed by atoms with van der Waals surface area (Å²) in [6.07, 6.45) is 2.96. The van der Waals surface area contributed by atoms with E-state index in [0.29, 0.717) is 11.0 Å². The molecule has 0 saturated carbocycles. The molecular weight excluding hydrogens is 471 g/mol. The topological polar surface area (TPSA) is 59.5 Å². The fraction of sp³-hybridized carbons (Fsp3) is 0.348. The number of aromatic nitrogens is 1. The average molecular weight is 495 g/mol. The minimum Gasteiger partial charge on any atom is -0.489 e. The standard InChI is InChI=1S/C23H24ClFN2O3S2/c1-16(17-5-3-2-4-6-17)27-10-7-18(8-11-27)30-21-14-20(25)22(13-19(21)24)32(28,29)15-23-26-9-12-31-23/h2-6,9,12-14,16,18H,7-8,10-11,15H2,1H3/t16-/m1/s1. The van der Waals surface area contributed by atoms with Gasteiger partial charge < -0.3 is 4.74 Å². The van der Waals surface area contributed by atoms with Gasteiger partial charge in [0.25, 0.3) is 0 Å². The van der Waals surface area contributed by atoms with E-state index >= 15 is 0 Å². The van der Waals surface area contributed by atoms with Crippen molar-refractivity contribution in [3.8, 4) is 5.75 Å². The Balaban J connectivity index is 1.40. The molecule has 1 fully saturated rings. The van der Waals surface area contributed by atoms with Crippen molar-refractivity contribution in [3.05, 3.63) is 75.5 Å². The maximum Gasteiger partial charge on any atom is 0.187 e. The fourth-order valence-corrected chi connectivity index (χ4v) is 6.53. The molecule has 0 amide bonds. The lowest BCUT2D eigenvalue weighted by atomic mass is 10.0. The zero-order valence-electron chi connectivity index (χ0n) is 17.6. The summed E-state index contributed by atoms with van der Waals surface area (Å²) in [4.78, 5) is 5.93. The van der Waals surface area contributed by atoms with Crippen LogP contribution in [0.5, 0.6) is 5.75 Å². The lowest BCUT2D eigenvalue weighted by molar-refractivity contribution is 0.0795. The van der Waals surface area contributed by atoms with Crippen molar-refractivity contribution in [1.82, 2.24) is 9.88 Å². The van der Waals surface area contributed by atoms with Crippen LogP contribution in [0.25, 0.3) is 0 Å². The Kier molecular flexibility index (Phi) is 7.14. The van der Waals surface area contributed by atoms with Gasteiger partial charge in [-0.2, -0.15) is 0 Å². The van der Waals surface area contributed by atoms with Gasteiger partial charge in [0.2, 0.25) is 0 Å². The van der Waals surface area contributed by atoms with E-state index < -0.39 is 20.5 Å². The molecule has 1 aromatic heterocycles. The van der Waals surface area contributed by atoms with Gasteiger partial charge >= 0.3 is 0 Å². The van der Waals surface area contributed by atoms with E-state index in [-0.39, 0.29) is 22.6 Å². The normalized spacial score (nSPS) is 16.7. The van der Waals surface area contributed by atoms with Gasteiger partial charge in [-0.25, -0.2) is 17.8 Å². The summed E-state index contributed by atoms with van der Waals surface area (Å²) in [6, 6.07) is 12.9. The molecule has 0 aliphatic carbocycles. The summed E-state index contributed by atoms with van der Waals surface area (Å²) < 4.78 is 45.9. The van der Waals surface area contributed by atoms with Crippen molar-refractivity contribution in [3.63, 3.8) is 0 Å². The van der Waals surface area contributed by atoms with Crippen molar-refractivity contribution in [2.45, 2.75) is 42.6 Å². The van der Waals surface area contributed by atoms with Crippen molar-refractivity contribution in [2.75, 3.05) is 13.1 Å². The van der Waals surface area contributed by atoms with Crippen molar-refractivity contribution in [2.24, 2.45) is 0 Å². The summed E-state index contributed by atoms with van der Waals surface area (Å²) in [5.41, 5.74) is 1.27. The summed E-state index contributed by atoms with van der Waals surface area (Å²) in [5, 5.41) is 2.17. The van der Waals surface area contributed by atoms with Crippen molar-refractivity contribution in [1.29, 1.82) is 0 Å². The Morgan fingerprint density at radius 1 is 1.25 bits per heavy atom. The number of thiazole rings is 1. The zero-order valence-corrected chi connectivity index (χ0v) is 20.0. The summed E-state index contributed by atoms with van der Waals surface area (Å²) >= 11 is 7.50. The number of piperidine rings is 1. The third kappa shape index (κ3) is 5.31. The number of ether oxygens (including phenoxy) is 1. The molecule has 1 atom stereocenters. The van der Waals surface area contributed by atoms with Gasteiger partial charge in [-0.05, 0) is 31.4 Å². The number of hydrogen-bond donors (Lipinski definition) is 0. The molecule has 1 aliphatic heterocycles. The van der Waals surface area contributed by atoms with Crippen LogP contribution in [0.1, 0.15) is 36.4 Å². The number of nitrogens with zero attached hydrogens (tertiary/aromatic N) is 2. The number of halogens is 2. The van der Waals surface area contributed by atoms with Crippen molar-refractivity contribution < 1.29 is 17.5 Å². The lowest BCUT2D eigenvalue weighted by Crippen LogP contribution is -2.39. The molecular formula is C23H24ClFN2O3S2. The van der Waals surface area contributed by atoms with Crippen molar-refractivity contribution >= 4 is 32.8 Å². The van der Waals surface area contributed by atoms with Crippen LogP contribution in [0.4, 0.5) is 4.39 Å². The largest absolute Gasteiger partial charge is 0.489 e. The molecule has 0 spiro atoms. The number of benzene rings is 2. The van der Waals surface area contributed by atoms with Crippen LogP contribution in [0.3, 0.4) is 0 Å². The minimum absolute atomic E-state index is 0.0872. The quantitative estimate of drug-likeness (QED) is 0.433. The van der Waals surface area contributed by atoms with Gasteiger partial charge in [0.1, 0.15) is 33.3 Å². The Bertz CT molecular complexity index is 1150. The summed E-state index contributed by atoms with van der Waals surface area (Å²) in [7, 11) is -3.90. The predicted molar refractivity (Wildman–Crippen MR) is 124 cm³/mol. The molecule has 9 heteroatoms. The van der Waals surface area contributed by atoms with Crippen LogP contribution in [0, 0.1) is 5.82 Å². The second-order valence-electron chi connectivity index (χ2n) is 7.84. The molecule has 0 bridgehead atoms. The summed E-state index contributed by atoms with van der Waals surface area (Å²) in [6.45, 7) is 3.88. The molecule has 32 heavy (non-hydrogen) atoms. The third-order valence-corrected chi connectivity index (χ3v) is 8.61. The van der Waals surface area contributed by atoms with Gasteiger partial charge in [-0.3, -0.25) is 4.90 Å². The van der Waals surface area contributed by atoms with E-state index in [1.54, 1.807) is 5.38 Å². The molecule has 0 N–H and O–H groups in total. The first-order valence-corrected chi connectivity index (χ1v) is 13.3. The van der Waals surface area contributed by atoms with E-state index in [1.807, 2.05) is 18.2 Å². The number of likely N-dealkylation sites (tertiary alicyclic amines) is 1. The second-order valence-corrected chi connectivity index (χ2v) is 11.2. The van der Waals surface area contributed by atoms with Gasteiger partial charge in [-0.1, -0.05) is 41.9 Å². The Labute approximate surface area is 196 Å². The SMILES string of the molecule is C[C@H](c1ccccc1)N1CCC(Oc2cc(F)c(S(=O)(=O)Cc3nccs3)cc2Cl)CC1. The van der Waals surface area contributed by atoms with E-state index in [4.69, 9.17) is 16.3 Å². The molecule has 2 aromatic carbocycles. The van der Waals surface area contributed by atoms with Gasteiger partial charge in [0, 0.05) is 36.8 Å². The van der Waals surface area contributed by atoms with Gasteiger partial charge in [0.05, 0.1) is 5.02 Å². The van der Waals surface area contributed by atoms with Crippen LogP contribution < -0.4 is 4.74 Å². The van der Waals surface area contributed by atoms with E-state index in [2.05, 4.69) is 28.9 Å². The molecule has 2 heterocycles. The molecule has 1 aliphatic rings. The molecule has 3 aromatic rings. The highest BCUT2D eigenvalue weighted by Crippen LogP contribution is 2.34. The first-order valence-electron chi connectivity index (χ1n) is 10.4. The van der Waals surface area contributed by atoms with Gasteiger partial charge in [-0.15, -0.1) is 11.3 Å². The molecule has 0 unspecified atom stereocenters. The summed E-state index contributed by atoms with van der Waals surface area (Å²) in [5.74, 6) is -1.06. The first-order chi connectivity index (χ1) is 15.3. The Morgan fingerprint density at radius 2 is 1.97 bits per heavy atom. The molecule has 170 valence electrons. The number of rotatable bonds is 7. The number of hydrogen-bond acceptors (Lipinski definition) is 6. The maximum atomic E-state index is 14.7. The highest BCUT2D eigenvalue weighted by Gasteiger charge is 2.27. The van der Waals surface area contributed by atoms with E-state index in [1.165, 1.54) is 23.1 Å². The molecule has 5 nitrogen and oxygen atoms in total. The Hall–Kier alpha value is -2.00. The maximum absolute atomic E-state index is 14.7. The molecule has 4 rings (SSSR count). The molecule has 0 radical (unpaired) electrons. The predicted octanol–water partition coefficient (Wildman–Crippen LogP) is 5.51. The minimum atomic E-state index is -3.90. The highest BCUT2D eigenvalue weighted by atomic mass is 35.5. The van der Waals surface area contributed by atoms with Crippen LogP contribution in [-0.4, -0.2) is 37.5 Å². The first kappa shape index (κ1) is 23.2. The zero-order chi connectivity index (χ0) is 22.7. The van der Waals surface area contributed by atoms with E-state index in [9.17, 15) is 12.8 Å². The second kappa shape index (κ2) is 9.87. The van der Waals surface area contributed by atoms with E-state index in [0.717, 1.165) is 38.1 Å². The highest BCUT2D eigenvalue weighted by molar-refractivity contribution is 7.90. The monoisotopic (exact) mass is 494 g/mol. The Morgan fingerprint density at radius 3 is 2.62 bits per heavy atom.